The number of nitrogens with one attached hydrogen (secondary N) is 2. The van der Waals surface area contributed by atoms with Crippen molar-refractivity contribution in [1.29, 1.82) is 0 Å². The number of hydrogen-bond donors (Lipinski definition) is 3. The van der Waals surface area contributed by atoms with Crippen LogP contribution >= 0.6 is 0 Å². The number of piperidine rings is 1. The number of fused-ring (bicyclic) bond motifs is 2. The molecule has 2 aromatic heterocycles. The smallest absolute Gasteiger partial charge is 0.185 e. The van der Waals surface area contributed by atoms with Gasteiger partial charge in [0.2, 0.25) is 0 Å². The van der Waals surface area contributed by atoms with E-state index < -0.39 is 6.17 Å². The van der Waals surface area contributed by atoms with Crippen molar-refractivity contribution in [2.45, 2.75) is 62.4 Å². The zero-order valence-electron chi connectivity index (χ0n) is 16.9. The van der Waals surface area contributed by atoms with E-state index in [1.807, 2.05) is 6.07 Å². The van der Waals surface area contributed by atoms with Gasteiger partial charge >= 0.3 is 0 Å². The predicted octanol–water partition coefficient (Wildman–Crippen LogP) is 2.83. The first-order chi connectivity index (χ1) is 15.2. The number of H-pyrrole nitrogens is 1. The van der Waals surface area contributed by atoms with E-state index in [2.05, 4.69) is 35.6 Å². The summed E-state index contributed by atoms with van der Waals surface area (Å²) >= 11 is 0. The molecule has 1 aliphatic carbocycles. The van der Waals surface area contributed by atoms with Crippen LogP contribution in [-0.4, -0.2) is 60.8 Å². The van der Waals surface area contributed by atoms with E-state index in [0.717, 1.165) is 42.6 Å². The van der Waals surface area contributed by atoms with Crippen LogP contribution < -0.4 is 10.2 Å². The fourth-order valence-corrected chi connectivity index (χ4v) is 5.08. The van der Waals surface area contributed by atoms with Gasteiger partial charge in [-0.05, 0) is 49.8 Å². The van der Waals surface area contributed by atoms with E-state index in [-0.39, 0.29) is 23.9 Å². The van der Waals surface area contributed by atoms with Crippen LogP contribution in [0.4, 0.5) is 10.2 Å². The first-order valence-electron chi connectivity index (χ1n) is 10.9. The topological polar surface area (TPSA) is 103 Å². The number of aromatic nitrogens is 5. The SMILES string of the molecule is Oc1cc(-c2cn[nH]c2)ccc1-c1ncc(N(C2CC2)[C@@H]2C[C@H]3C[C@@H](F)[C@@H](C2)N3)nn1. The summed E-state index contributed by atoms with van der Waals surface area (Å²) in [5.74, 6) is 1.21. The lowest BCUT2D eigenvalue weighted by atomic mass is 9.98. The van der Waals surface area contributed by atoms with Gasteiger partial charge in [-0.2, -0.15) is 5.10 Å². The monoisotopic (exact) mass is 421 g/mol. The van der Waals surface area contributed by atoms with Gasteiger partial charge in [-0.3, -0.25) is 5.10 Å². The molecule has 31 heavy (non-hydrogen) atoms. The van der Waals surface area contributed by atoms with Gasteiger partial charge in [0.1, 0.15) is 11.9 Å². The summed E-state index contributed by atoms with van der Waals surface area (Å²) in [6.45, 7) is 0. The summed E-state index contributed by atoms with van der Waals surface area (Å²) < 4.78 is 14.2. The van der Waals surface area contributed by atoms with Gasteiger partial charge < -0.3 is 15.3 Å². The molecule has 1 aromatic carbocycles. The van der Waals surface area contributed by atoms with Gasteiger partial charge in [-0.15, -0.1) is 10.2 Å². The summed E-state index contributed by atoms with van der Waals surface area (Å²) in [6, 6.07) is 6.23. The van der Waals surface area contributed by atoms with Crippen molar-refractivity contribution in [3.63, 3.8) is 0 Å². The second-order valence-electron chi connectivity index (χ2n) is 8.84. The largest absolute Gasteiger partial charge is 0.507 e. The predicted molar refractivity (Wildman–Crippen MR) is 113 cm³/mol. The Hall–Kier alpha value is -3.07. The number of rotatable bonds is 5. The zero-order chi connectivity index (χ0) is 20.9. The van der Waals surface area contributed by atoms with Crippen LogP contribution in [0.25, 0.3) is 22.5 Å². The Kier molecular flexibility index (Phi) is 4.38. The minimum absolute atomic E-state index is 0.0594. The van der Waals surface area contributed by atoms with Crippen LogP contribution in [0.15, 0.2) is 36.8 Å². The minimum Gasteiger partial charge on any atom is -0.507 e. The van der Waals surface area contributed by atoms with Crippen molar-refractivity contribution in [1.82, 2.24) is 30.7 Å². The highest BCUT2D eigenvalue weighted by molar-refractivity contribution is 5.72. The Morgan fingerprint density at radius 3 is 2.61 bits per heavy atom. The van der Waals surface area contributed by atoms with E-state index >= 15 is 0 Å². The third kappa shape index (κ3) is 3.42. The molecule has 8 nitrogen and oxygen atoms in total. The van der Waals surface area contributed by atoms with Crippen LogP contribution in [-0.2, 0) is 0 Å². The molecule has 0 spiro atoms. The maximum absolute atomic E-state index is 14.2. The van der Waals surface area contributed by atoms with Gasteiger partial charge in [-0.1, -0.05) is 6.07 Å². The molecule has 0 amide bonds. The van der Waals surface area contributed by atoms with Crippen molar-refractivity contribution >= 4 is 5.82 Å². The zero-order valence-corrected chi connectivity index (χ0v) is 16.9. The number of aromatic hydroxyl groups is 1. The van der Waals surface area contributed by atoms with Gasteiger partial charge in [0.15, 0.2) is 11.6 Å². The molecule has 3 aliphatic rings. The van der Waals surface area contributed by atoms with Crippen molar-refractivity contribution in [3.8, 4) is 28.3 Å². The average molecular weight is 421 g/mol. The highest BCUT2D eigenvalue weighted by atomic mass is 19.1. The number of halogens is 1. The molecule has 0 unspecified atom stereocenters. The lowest BCUT2D eigenvalue weighted by molar-refractivity contribution is 0.271. The van der Waals surface area contributed by atoms with Crippen molar-refractivity contribution in [2.24, 2.45) is 0 Å². The van der Waals surface area contributed by atoms with Crippen molar-refractivity contribution < 1.29 is 9.50 Å². The summed E-state index contributed by atoms with van der Waals surface area (Å²) in [7, 11) is 0. The minimum atomic E-state index is -0.754. The van der Waals surface area contributed by atoms with Crippen LogP contribution in [0.3, 0.4) is 0 Å². The maximum atomic E-state index is 14.2. The number of phenolic OH excluding ortho intramolecular Hbond substituents is 1. The maximum Gasteiger partial charge on any atom is 0.185 e. The van der Waals surface area contributed by atoms with Gasteiger partial charge in [0.25, 0.3) is 0 Å². The third-order valence-corrected chi connectivity index (χ3v) is 6.70. The standard InChI is InChI=1S/C22H24FN7O/c23-18-7-14-6-16(8-19(18)27-14)30(15-2-3-15)21-11-24-22(29-28-21)17-4-1-12(5-20(17)31)13-9-25-26-10-13/h1,4-5,9-11,14-16,18-19,27,31H,2-3,6-8H2,(H,25,26)/t14-,16+,18+,19+/m0/s1. The third-order valence-electron chi connectivity index (χ3n) is 6.70. The molecule has 2 bridgehead atoms. The van der Waals surface area contributed by atoms with Gasteiger partial charge in [-0.25, -0.2) is 9.37 Å². The first kappa shape index (κ1) is 18.7. The highest BCUT2D eigenvalue weighted by Gasteiger charge is 2.45. The fraction of sp³-hybridized carbons (Fsp3) is 0.455. The summed E-state index contributed by atoms with van der Waals surface area (Å²) in [5, 5.41) is 29.4. The normalized spacial score (nSPS) is 27.4. The summed E-state index contributed by atoms with van der Waals surface area (Å²) in [4.78, 5) is 6.82. The fourth-order valence-electron chi connectivity index (χ4n) is 5.08. The van der Waals surface area contributed by atoms with E-state index in [1.54, 1.807) is 30.7 Å². The summed E-state index contributed by atoms with van der Waals surface area (Å²) in [5.41, 5.74) is 2.28. The van der Waals surface area contributed by atoms with Crippen molar-refractivity contribution in [2.75, 3.05) is 4.90 Å². The second kappa shape index (κ2) is 7.26. The lowest BCUT2D eigenvalue weighted by Crippen LogP contribution is -2.50. The molecule has 6 rings (SSSR count). The second-order valence-corrected chi connectivity index (χ2v) is 8.84. The number of aromatic amines is 1. The Morgan fingerprint density at radius 2 is 1.94 bits per heavy atom. The molecule has 3 aromatic rings. The number of benzene rings is 1. The molecule has 4 atom stereocenters. The van der Waals surface area contributed by atoms with Crippen LogP contribution in [0.5, 0.6) is 5.75 Å². The Labute approximate surface area is 178 Å². The van der Waals surface area contributed by atoms with E-state index in [4.69, 9.17) is 0 Å². The number of nitrogens with zero attached hydrogens (tertiary/aromatic N) is 5. The van der Waals surface area contributed by atoms with Gasteiger partial charge in [0, 0.05) is 35.9 Å². The lowest BCUT2D eigenvalue weighted by Gasteiger charge is -2.38. The van der Waals surface area contributed by atoms with E-state index in [1.165, 1.54) is 0 Å². The van der Waals surface area contributed by atoms with Crippen LogP contribution in [0.2, 0.25) is 0 Å². The van der Waals surface area contributed by atoms with Gasteiger partial charge in [0.05, 0.1) is 18.0 Å². The number of anilines is 1. The van der Waals surface area contributed by atoms with Crippen LogP contribution in [0, 0.1) is 0 Å². The molecule has 1 saturated carbocycles. The Bertz CT molecular complexity index is 1070. The molecule has 2 saturated heterocycles. The Morgan fingerprint density at radius 1 is 1.03 bits per heavy atom. The van der Waals surface area contributed by atoms with Crippen molar-refractivity contribution in [3.05, 3.63) is 36.8 Å². The molecule has 0 radical (unpaired) electrons. The van der Waals surface area contributed by atoms with E-state index in [9.17, 15) is 9.50 Å². The highest BCUT2D eigenvalue weighted by Crippen LogP contribution is 2.39. The number of phenols is 1. The van der Waals surface area contributed by atoms with Crippen LogP contribution in [0.1, 0.15) is 32.1 Å². The molecule has 3 N–H and O–H groups in total. The molecule has 3 fully saturated rings. The first-order valence-corrected chi connectivity index (χ1v) is 10.9. The summed E-state index contributed by atoms with van der Waals surface area (Å²) in [6.07, 6.45) is 9.02. The molecule has 2 aliphatic heterocycles. The average Bonchev–Trinajstić information content (AvgIpc) is 3.37. The van der Waals surface area contributed by atoms with E-state index in [0.29, 0.717) is 23.9 Å². The molecule has 9 heteroatoms. The quantitative estimate of drug-likeness (QED) is 0.582. The number of alkyl halides is 1. The Balaban J connectivity index is 1.25. The molecule has 4 heterocycles. The number of hydrogen-bond acceptors (Lipinski definition) is 7. The molecule has 160 valence electrons. The molecular formula is C22H24FN7O. The molecular weight excluding hydrogens is 397 g/mol.